The van der Waals surface area contributed by atoms with Crippen LogP contribution in [0.3, 0.4) is 0 Å². The molecule has 2 N–H and O–H groups in total. The Hall–Kier alpha value is -0.150. The third-order valence-electron chi connectivity index (χ3n) is 2.01. The van der Waals surface area contributed by atoms with Gasteiger partial charge in [0.15, 0.2) is 0 Å². The second kappa shape index (κ2) is 3.30. The average Bonchev–Trinajstić information content (AvgIpc) is 2.33. The average molecular weight is 146 g/mol. The van der Waals surface area contributed by atoms with Crippen molar-refractivity contribution in [1.82, 2.24) is 10.6 Å². The minimum absolute atomic E-state index is 0.145. The number of alkyl halides is 1. The van der Waals surface area contributed by atoms with Gasteiger partial charge >= 0.3 is 0 Å². The minimum atomic E-state index is -0.268. The molecule has 10 heavy (non-hydrogen) atoms. The predicted molar refractivity (Wildman–Crippen MR) is 39.9 cm³/mol. The van der Waals surface area contributed by atoms with Gasteiger partial charge in [-0.2, -0.15) is 0 Å². The van der Waals surface area contributed by atoms with Crippen molar-refractivity contribution < 1.29 is 4.39 Å². The van der Waals surface area contributed by atoms with E-state index in [1.807, 2.05) is 0 Å². The summed E-state index contributed by atoms with van der Waals surface area (Å²) in [4.78, 5) is 0. The normalized spacial score (nSPS) is 33.0. The molecule has 2 nitrogen and oxygen atoms in total. The summed E-state index contributed by atoms with van der Waals surface area (Å²) in [5.74, 6) is 0. The van der Waals surface area contributed by atoms with Gasteiger partial charge in [0.2, 0.25) is 0 Å². The molecule has 1 aliphatic rings. The van der Waals surface area contributed by atoms with Gasteiger partial charge in [-0.25, -0.2) is 4.39 Å². The second-order valence-corrected chi connectivity index (χ2v) is 3.10. The monoisotopic (exact) mass is 146 g/mol. The van der Waals surface area contributed by atoms with E-state index in [-0.39, 0.29) is 12.2 Å². The fourth-order valence-electron chi connectivity index (χ4n) is 1.32. The van der Waals surface area contributed by atoms with E-state index in [1.54, 1.807) is 0 Å². The van der Waals surface area contributed by atoms with Crippen LogP contribution in [0.4, 0.5) is 4.39 Å². The third kappa shape index (κ3) is 1.92. The van der Waals surface area contributed by atoms with Crippen LogP contribution in [0.25, 0.3) is 0 Å². The van der Waals surface area contributed by atoms with Crippen molar-refractivity contribution in [2.24, 2.45) is 0 Å². The van der Waals surface area contributed by atoms with E-state index in [0.717, 1.165) is 19.5 Å². The Kier molecular flexibility index (Phi) is 2.63. The van der Waals surface area contributed by atoms with Crippen LogP contribution in [0.15, 0.2) is 0 Å². The number of halogens is 1. The van der Waals surface area contributed by atoms with Gasteiger partial charge in [-0.15, -0.1) is 0 Å². The summed E-state index contributed by atoms with van der Waals surface area (Å²) in [5.41, 5.74) is 0.145. The fraction of sp³-hybridized carbons (Fsp3) is 1.00. The van der Waals surface area contributed by atoms with Crippen molar-refractivity contribution in [1.29, 1.82) is 0 Å². The summed E-state index contributed by atoms with van der Waals surface area (Å²) in [7, 11) is 0. The molecule has 0 aromatic rings. The van der Waals surface area contributed by atoms with Crippen LogP contribution in [0.5, 0.6) is 0 Å². The Labute approximate surface area is 61.2 Å². The first-order chi connectivity index (χ1) is 4.77. The largest absolute Gasteiger partial charge is 0.315 e. The van der Waals surface area contributed by atoms with Crippen molar-refractivity contribution in [3.63, 3.8) is 0 Å². The molecule has 1 heterocycles. The van der Waals surface area contributed by atoms with Crippen LogP contribution >= 0.6 is 0 Å². The fourth-order valence-corrected chi connectivity index (χ4v) is 1.32. The van der Waals surface area contributed by atoms with Gasteiger partial charge in [0.25, 0.3) is 0 Å². The predicted octanol–water partition coefficient (Wildman–Crippen LogP) is 0.297. The van der Waals surface area contributed by atoms with Crippen LogP contribution in [0, 0.1) is 0 Å². The van der Waals surface area contributed by atoms with Crippen LogP contribution in [-0.4, -0.2) is 31.8 Å². The lowest BCUT2D eigenvalue weighted by molar-refractivity contribution is 0.356. The summed E-state index contributed by atoms with van der Waals surface area (Å²) in [6.45, 7) is 4.36. The molecule has 1 aliphatic heterocycles. The molecule has 0 spiro atoms. The van der Waals surface area contributed by atoms with Crippen molar-refractivity contribution in [3.05, 3.63) is 0 Å². The van der Waals surface area contributed by atoms with Gasteiger partial charge in [0.1, 0.15) is 6.67 Å². The molecule has 0 aromatic heterocycles. The van der Waals surface area contributed by atoms with Crippen molar-refractivity contribution in [2.75, 3.05) is 26.3 Å². The van der Waals surface area contributed by atoms with Crippen LogP contribution < -0.4 is 10.6 Å². The molecule has 0 aromatic carbocycles. The molecule has 0 radical (unpaired) electrons. The van der Waals surface area contributed by atoms with Gasteiger partial charge in [-0.1, -0.05) is 0 Å². The summed E-state index contributed by atoms with van der Waals surface area (Å²) in [6.07, 6.45) is 1.10. The lowest BCUT2D eigenvalue weighted by Crippen LogP contribution is -2.44. The lowest BCUT2D eigenvalue weighted by atomic mass is 10.0. The van der Waals surface area contributed by atoms with Gasteiger partial charge in [0.05, 0.1) is 0 Å². The molecular formula is C7H15FN2. The molecule has 60 valence electrons. The van der Waals surface area contributed by atoms with E-state index < -0.39 is 0 Å². The number of rotatable bonds is 3. The first-order valence-electron chi connectivity index (χ1n) is 3.79. The number of hydrogen-bond acceptors (Lipinski definition) is 2. The van der Waals surface area contributed by atoms with Crippen LogP contribution in [0.2, 0.25) is 0 Å². The smallest absolute Gasteiger partial charge is 0.102 e. The molecule has 0 saturated carbocycles. The Morgan fingerprint density at radius 2 is 2.50 bits per heavy atom. The molecule has 1 saturated heterocycles. The van der Waals surface area contributed by atoms with E-state index in [1.165, 1.54) is 0 Å². The molecule has 0 aliphatic carbocycles. The summed E-state index contributed by atoms with van der Waals surface area (Å²) >= 11 is 0. The van der Waals surface area contributed by atoms with E-state index in [2.05, 4.69) is 17.6 Å². The zero-order valence-electron chi connectivity index (χ0n) is 6.41. The SMILES string of the molecule is CC1(NCCF)CCNC1. The Bertz CT molecular complexity index is 99.8. The topological polar surface area (TPSA) is 24.1 Å². The maximum atomic E-state index is 11.7. The van der Waals surface area contributed by atoms with Gasteiger partial charge in [0, 0.05) is 18.6 Å². The Balaban J connectivity index is 2.22. The highest BCUT2D eigenvalue weighted by molar-refractivity contribution is 4.91. The summed E-state index contributed by atoms with van der Waals surface area (Å²) < 4.78 is 11.7. The van der Waals surface area contributed by atoms with Crippen molar-refractivity contribution in [3.8, 4) is 0 Å². The number of hydrogen-bond donors (Lipinski definition) is 2. The molecule has 3 heteroatoms. The molecule has 0 bridgehead atoms. The minimum Gasteiger partial charge on any atom is -0.315 e. The first-order valence-corrected chi connectivity index (χ1v) is 3.79. The third-order valence-corrected chi connectivity index (χ3v) is 2.01. The molecular weight excluding hydrogens is 131 g/mol. The summed E-state index contributed by atoms with van der Waals surface area (Å²) in [5, 5.41) is 6.41. The first kappa shape index (κ1) is 7.95. The van der Waals surface area contributed by atoms with Crippen LogP contribution in [-0.2, 0) is 0 Å². The zero-order valence-corrected chi connectivity index (χ0v) is 6.41. The van der Waals surface area contributed by atoms with E-state index in [4.69, 9.17) is 0 Å². The van der Waals surface area contributed by atoms with E-state index >= 15 is 0 Å². The second-order valence-electron chi connectivity index (χ2n) is 3.10. The maximum Gasteiger partial charge on any atom is 0.102 e. The van der Waals surface area contributed by atoms with Crippen molar-refractivity contribution in [2.45, 2.75) is 18.9 Å². The zero-order chi connectivity index (χ0) is 7.45. The van der Waals surface area contributed by atoms with Gasteiger partial charge in [-0.3, -0.25) is 0 Å². The number of nitrogens with one attached hydrogen (secondary N) is 2. The molecule has 1 unspecified atom stereocenters. The molecule has 1 fully saturated rings. The quantitative estimate of drug-likeness (QED) is 0.598. The van der Waals surface area contributed by atoms with Gasteiger partial charge in [-0.05, 0) is 19.9 Å². The molecule has 1 atom stereocenters. The highest BCUT2D eigenvalue weighted by Crippen LogP contribution is 2.12. The van der Waals surface area contributed by atoms with Crippen molar-refractivity contribution >= 4 is 0 Å². The highest BCUT2D eigenvalue weighted by atomic mass is 19.1. The maximum absolute atomic E-state index is 11.7. The summed E-state index contributed by atoms with van der Waals surface area (Å²) in [6, 6.07) is 0. The Morgan fingerprint density at radius 3 is 3.00 bits per heavy atom. The van der Waals surface area contributed by atoms with E-state index in [9.17, 15) is 4.39 Å². The van der Waals surface area contributed by atoms with Gasteiger partial charge < -0.3 is 10.6 Å². The highest BCUT2D eigenvalue weighted by Gasteiger charge is 2.26. The Morgan fingerprint density at radius 1 is 1.70 bits per heavy atom. The van der Waals surface area contributed by atoms with E-state index in [0.29, 0.717) is 6.54 Å². The standard InChI is InChI=1S/C7H15FN2/c1-7(10-5-3-8)2-4-9-6-7/h9-10H,2-6H2,1H3. The van der Waals surface area contributed by atoms with Crippen LogP contribution in [0.1, 0.15) is 13.3 Å². The molecule has 1 rings (SSSR count). The lowest BCUT2D eigenvalue weighted by Gasteiger charge is -2.23. The molecule has 0 amide bonds.